The van der Waals surface area contributed by atoms with Crippen LogP contribution in [0.15, 0.2) is 0 Å². The highest BCUT2D eigenvalue weighted by molar-refractivity contribution is 5.68. The van der Waals surface area contributed by atoms with Crippen molar-refractivity contribution in [2.75, 3.05) is 33.2 Å². The third-order valence-corrected chi connectivity index (χ3v) is 4.69. The highest BCUT2D eigenvalue weighted by Gasteiger charge is 2.53. The summed E-state index contributed by atoms with van der Waals surface area (Å²) in [6, 6.07) is 0. The number of carbonyl (C=O) groups excluding carboxylic acids is 1. The Morgan fingerprint density at radius 1 is 1.19 bits per heavy atom. The molecule has 0 aromatic carbocycles. The van der Waals surface area contributed by atoms with Gasteiger partial charge in [-0.1, -0.05) is 0 Å². The van der Waals surface area contributed by atoms with E-state index in [4.69, 9.17) is 10.5 Å². The third kappa shape index (κ3) is 3.49. The SMILES string of the molecule is CN1CCC(O)(C2(N)CCN(C(=O)OC(C)(C)C)C2)CC1. The number of amides is 1. The zero-order valence-corrected chi connectivity index (χ0v) is 13.7. The Kier molecular flexibility index (Phi) is 4.26. The smallest absolute Gasteiger partial charge is 0.410 e. The predicted octanol–water partition coefficient (Wildman–Crippen LogP) is 0.781. The van der Waals surface area contributed by atoms with E-state index in [1.165, 1.54) is 0 Å². The van der Waals surface area contributed by atoms with Crippen molar-refractivity contribution in [2.45, 2.75) is 56.8 Å². The van der Waals surface area contributed by atoms with Gasteiger partial charge >= 0.3 is 6.09 Å². The number of nitrogens with two attached hydrogens (primary N) is 1. The predicted molar refractivity (Wildman–Crippen MR) is 81.0 cm³/mol. The highest BCUT2D eigenvalue weighted by Crippen LogP contribution is 2.37. The summed E-state index contributed by atoms with van der Waals surface area (Å²) in [5.41, 5.74) is 4.35. The van der Waals surface area contributed by atoms with Crippen LogP contribution in [0, 0.1) is 0 Å². The van der Waals surface area contributed by atoms with Crippen molar-refractivity contribution in [1.82, 2.24) is 9.80 Å². The van der Waals surface area contributed by atoms with Gasteiger partial charge in [-0.05, 0) is 47.1 Å². The lowest BCUT2D eigenvalue weighted by Crippen LogP contribution is -2.65. The van der Waals surface area contributed by atoms with Crippen molar-refractivity contribution in [1.29, 1.82) is 0 Å². The van der Waals surface area contributed by atoms with Gasteiger partial charge in [0.15, 0.2) is 0 Å². The molecule has 0 aromatic rings. The fraction of sp³-hybridized carbons (Fsp3) is 0.933. The van der Waals surface area contributed by atoms with E-state index in [1.54, 1.807) is 4.90 Å². The van der Waals surface area contributed by atoms with Gasteiger partial charge in [-0.2, -0.15) is 0 Å². The first kappa shape index (κ1) is 16.5. The second-order valence-corrected chi connectivity index (χ2v) is 7.64. The van der Waals surface area contributed by atoms with Gasteiger partial charge in [0.1, 0.15) is 5.60 Å². The number of hydrogen-bond acceptors (Lipinski definition) is 5. The standard InChI is InChI=1S/C15H29N3O3/c1-13(2,3)21-12(19)18-10-5-14(16,11-18)15(20)6-8-17(4)9-7-15/h20H,5-11,16H2,1-4H3. The van der Waals surface area contributed by atoms with Crippen LogP contribution in [0.25, 0.3) is 0 Å². The van der Waals surface area contributed by atoms with Crippen molar-refractivity contribution in [2.24, 2.45) is 5.73 Å². The number of likely N-dealkylation sites (tertiary alicyclic amines) is 2. The summed E-state index contributed by atoms with van der Waals surface area (Å²) in [4.78, 5) is 16.0. The van der Waals surface area contributed by atoms with E-state index >= 15 is 0 Å². The maximum absolute atomic E-state index is 12.1. The molecule has 0 bridgehead atoms. The van der Waals surface area contributed by atoms with Crippen LogP contribution in [-0.2, 0) is 4.74 Å². The molecule has 2 heterocycles. The van der Waals surface area contributed by atoms with Crippen LogP contribution in [0.5, 0.6) is 0 Å². The first-order valence-electron chi connectivity index (χ1n) is 7.72. The zero-order valence-electron chi connectivity index (χ0n) is 13.7. The van der Waals surface area contributed by atoms with E-state index in [1.807, 2.05) is 27.8 Å². The first-order valence-corrected chi connectivity index (χ1v) is 7.72. The van der Waals surface area contributed by atoms with Gasteiger partial charge in [0.25, 0.3) is 0 Å². The van der Waals surface area contributed by atoms with E-state index < -0.39 is 16.7 Å². The van der Waals surface area contributed by atoms with Crippen LogP contribution in [0.3, 0.4) is 0 Å². The van der Waals surface area contributed by atoms with Crippen molar-refractivity contribution < 1.29 is 14.6 Å². The fourth-order valence-electron chi connectivity index (χ4n) is 3.18. The molecule has 2 saturated heterocycles. The number of piperidine rings is 1. The first-order chi connectivity index (χ1) is 9.55. The second-order valence-electron chi connectivity index (χ2n) is 7.64. The molecule has 122 valence electrons. The molecule has 2 rings (SSSR count). The van der Waals surface area contributed by atoms with Crippen LogP contribution < -0.4 is 5.73 Å². The topological polar surface area (TPSA) is 79.0 Å². The number of ether oxygens (including phenoxy) is 1. The average Bonchev–Trinajstić information content (AvgIpc) is 2.76. The van der Waals surface area contributed by atoms with E-state index in [2.05, 4.69) is 4.90 Å². The molecule has 2 fully saturated rings. The summed E-state index contributed by atoms with van der Waals surface area (Å²) in [6.07, 6.45) is 1.59. The molecule has 1 amide bonds. The third-order valence-electron chi connectivity index (χ3n) is 4.69. The number of aliphatic hydroxyl groups is 1. The van der Waals surface area contributed by atoms with Gasteiger partial charge in [-0.15, -0.1) is 0 Å². The number of rotatable bonds is 1. The Morgan fingerprint density at radius 2 is 1.76 bits per heavy atom. The molecule has 0 aliphatic carbocycles. The monoisotopic (exact) mass is 299 g/mol. The van der Waals surface area contributed by atoms with Crippen molar-refractivity contribution in [3.05, 3.63) is 0 Å². The van der Waals surface area contributed by atoms with Crippen LogP contribution in [-0.4, -0.2) is 71.0 Å². The Labute approximate surface area is 127 Å². The molecule has 0 spiro atoms. The van der Waals surface area contributed by atoms with Gasteiger partial charge in [-0.25, -0.2) is 4.79 Å². The summed E-state index contributed by atoms with van der Waals surface area (Å²) < 4.78 is 5.39. The zero-order chi connectivity index (χ0) is 15.9. The fourth-order valence-corrected chi connectivity index (χ4v) is 3.18. The lowest BCUT2D eigenvalue weighted by molar-refractivity contribution is -0.0736. The quantitative estimate of drug-likeness (QED) is 0.748. The molecule has 0 saturated carbocycles. The number of hydrogen-bond donors (Lipinski definition) is 2. The summed E-state index contributed by atoms with van der Waals surface area (Å²) >= 11 is 0. The van der Waals surface area contributed by atoms with Crippen LogP contribution in [0.4, 0.5) is 4.79 Å². The van der Waals surface area contributed by atoms with E-state index in [9.17, 15) is 9.90 Å². The summed E-state index contributed by atoms with van der Waals surface area (Å²) in [5.74, 6) is 0. The van der Waals surface area contributed by atoms with Crippen molar-refractivity contribution in [3.63, 3.8) is 0 Å². The molecule has 1 atom stereocenters. The molecule has 0 aromatic heterocycles. The molecule has 6 nitrogen and oxygen atoms in total. The number of carbonyl (C=O) groups is 1. The molecule has 0 radical (unpaired) electrons. The minimum absolute atomic E-state index is 0.341. The van der Waals surface area contributed by atoms with Gasteiger partial charge in [0, 0.05) is 26.2 Å². The molecule has 21 heavy (non-hydrogen) atoms. The molecule has 1 unspecified atom stereocenters. The van der Waals surface area contributed by atoms with Crippen LogP contribution in [0.2, 0.25) is 0 Å². The largest absolute Gasteiger partial charge is 0.444 e. The van der Waals surface area contributed by atoms with E-state index in [-0.39, 0.29) is 6.09 Å². The average molecular weight is 299 g/mol. The summed E-state index contributed by atoms with van der Waals surface area (Å²) in [5, 5.41) is 10.9. The second kappa shape index (κ2) is 5.41. The summed E-state index contributed by atoms with van der Waals surface area (Å²) in [6.45, 7) is 8.12. The lowest BCUT2D eigenvalue weighted by atomic mass is 9.73. The van der Waals surface area contributed by atoms with Gasteiger partial charge in [0.2, 0.25) is 0 Å². The molecule has 2 aliphatic heterocycles. The Hall–Kier alpha value is -0.850. The van der Waals surface area contributed by atoms with Crippen LogP contribution >= 0.6 is 0 Å². The van der Waals surface area contributed by atoms with Gasteiger partial charge < -0.3 is 25.4 Å². The molecular formula is C15H29N3O3. The normalized spacial score (nSPS) is 30.5. The van der Waals surface area contributed by atoms with E-state index in [0.29, 0.717) is 32.4 Å². The highest BCUT2D eigenvalue weighted by atomic mass is 16.6. The Bertz CT molecular complexity index is 399. The molecular weight excluding hydrogens is 270 g/mol. The lowest BCUT2D eigenvalue weighted by Gasteiger charge is -2.46. The van der Waals surface area contributed by atoms with Crippen molar-refractivity contribution in [3.8, 4) is 0 Å². The molecule has 6 heteroatoms. The molecule has 3 N–H and O–H groups in total. The number of nitrogens with zero attached hydrogens (tertiary/aromatic N) is 2. The Morgan fingerprint density at radius 3 is 2.29 bits per heavy atom. The summed E-state index contributed by atoms with van der Waals surface area (Å²) in [7, 11) is 2.05. The van der Waals surface area contributed by atoms with Crippen LogP contribution in [0.1, 0.15) is 40.0 Å². The Balaban J connectivity index is 2.01. The minimum Gasteiger partial charge on any atom is -0.444 e. The van der Waals surface area contributed by atoms with Gasteiger partial charge in [-0.3, -0.25) is 0 Å². The minimum atomic E-state index is -0.893. The van der Waals surface area contributed by atoms with Crippen molar-refractivity contribution >= 4 is 6.09 Å². The van der Waals surface area contributed by atoms with E-state index in [0.717, 1.165) is 13.1 Å². The van der Waals surface area contributed by atoms with Gasteiger partial charge in [0.05, 0.1) is 11.1 Å². The maximum atomic E-state index is 12.1. The molecule has 2 aliphatic rings. The maximum Gasteiger partial charge on any atom is 0.410 e.